The van der Waals surface area contributed by atoms with Crippen molar-refractivity contribution in [1.82, 2.24) is 10.6 Å². The Hall–Kier alpha value is -2.76. The largest absolute Gasteiger partial charge is 0.459 e. The van der Waals surface area contributed by atoms with Crippen LogP contribution in [0.1, 0.15) is 61.1 Å². The van der Waals surface area contributed by atoms with Crippen molar-refractivity contribution in [3.63, 3.8) is 0 Å². The second-order valence-electron chi connectivity index (χ2n) is 7.68. The molecule has 0 spiro atoms. The number of furan rings is 1. The highest BCUT2D eigenvalue weighted by atomic mass is 16.3. The Balaban J connectivity index is 1.34. The van der Waals surface area contributed by atoms with E-state index in [1.165, 1.54) is 44.1 Å². The van der Waals surface area contributed by atoms with Crippen LogP contribution in [0.3, 0.4) is 0 Å². The van der Waals surface area contributed by atoms with E-state index in [1.54, 1.807) is 12.1 Å². The van der Waals surface area contributed by atoms with Gasteiger partial charge in [0.05, 0.1) is 6.26 Å². The zero-order chi connectivity index (χ0) is 20.5. The van der Waals surface area contributed by atoms with Crippen molar-refractivity contribution in [2.24, 2.45) is 0 Å². The summed E-state index contributed by atoms with van der Waals surface area (Å²) in [4.78, 5) is 26.1. The zero-order valence-corrected chi connectivity index (χ0v) is 17.2. The van der Waals surface area contributed by atoms with Gasteiger partial charge >= 0.3 is 0 Å². The fourth-order valence-electron chi connectivity index (χ4n) is 3.76. The lowest BCUT2D eigenvalue weighted by atomic mass is 9.94. The van der Waals surface area contributed by atoms with E-state index in [-0.39, 0.29) is 17.6 Å². The topological polar surface area (TPSA) is 74.6 Å². The Morgan fingerprint density at radius 1 is 1.07 bits per heavy atom. The maximum atomic E-state index is 12.0. The molecule has 156 valence electrons. The fourth-order valence-corrected chi connectivity index (χ4v) is 3.76. The Morgan fingerprint density at radius 2 is 1.83 bits per heavy atom. The number of nitrogens with zero attached hydrogens (tertiary/aromatic N) is 1. The lowest BCUT2D eigenvalue weighted by molar-refractivity contribution is -0.121. The summed E-state index contributed by atoms with van der Waals surface area (Å²) in [6, 6.07) is 12.4. The van der Waals surface area contributed by atoms with Gasteiger partial charge in [0.2, 0.25) is 5.91 Å². The van der Waals surface area contributed by atoms with Crippen LogP contribution in [-0.2, 0) is 11.3 Å². The molecule has 1 aliphatic rings. The average Bonchev–Trinajstić information content (AvgIpc) is 3.31. The van der Waals surface area contributed by atoms with E-state index in [0.717, 1.165) is 5.56 Å². The molecule has 2 aromatic rings. The van der Waals surface area contributed by atoms with Gasteiger partial charge in [-0.15, -0.1) is 0 Å². The third-order valence-electron chi connectivity index (χ3n) is 5.57. The highest BCUT2D eigenvalue weighted by Gasteiger charge is 2.18. The number of amides is 2. The van der Waals surface area contributed by atoms with Crippen LogP contribution in [0.2, 0.25) is 0 Å². The smallest absolute Gasteiger partial charge is 0.286 e. The van der Waals surface area contributed by atoms with Crippen molar-refractivity contribution in [1.29, 1.82) is 0 Å². The van der Waals surface area contributed by atoms with Crippen molar-refractivity contribution in [3.05, 3.63) is 54.0 Å². The molecule has 1 aliphatic carbocycles. The van der Waals surface area contributed by atoms with Crippen LogP contribution in [0, 0.1) is 0 Å². The SMILES string of the molecule is CN(c1ccc(CNC(=O)CCCNC(=O)c2ccco2)cc1)C1CCCCC1. The first-order valence-corrected chi connectivity index (χ1v) is 10.5. The van der Waals surface area contributed by atoms with Gasteiger partial charge in [-0.2, -0.15) is 0 Å². The molecule has 2 amide bonds. The first-order chi connectivity index (χ1) is 14.1. The lowest BCUT2D eigenvalue weighted by Gasteiger charge is -2.33. The second kappa shape index (κ2) is 10.7. The molecular formula is C23H31N3O3. The fraction of sp³-hybridized carbons (Fsp3) is 0.478. The lowest BCUT2D eigenvalue weighted by Crippen LogP contribution is -2.33. The Labute approximate surface area is 172 Å². The molecular weight excluding hydrogens is 366 g/mol. The number of anilines is 1. The van der Waals surface area contributed by atoms with E-state index >= 15 is 0 Å². The molecule has 6 nitrogen and oxygen atoms in total. The number of carbonyl (C=O) groups excluding carboxylic acids is 2. The van der Waals surface area contributed by atoms with Crippen LogP contribution < -0.4 is 15.5 Å². The van der Waals surface area contributed by atoms with Crippen LogP contribution in [-0.4, -0.2) is 31.4 Å². The summed E-state index contributed by atoms with van der Waals surface area (Å²) in [5.41, 5.74) is 2.32. The molecule has 29 heavy (non-hydrogen) atoms. The van der Waals surface area contributed by atoms with Crippen LogP contribution in [0.15, 0.2) is 47.1 Å². The van der Waals surface area contributed by atoms with E-state index in [0.29, 0.717) is 32.0 Å². The molecule has 1 saturated carbocycles. The van der Waals surface area contributed by atoms with Gasteiger partial charge in [0, 0.05) is 38.3 Å². The van der Waals surface area contributed by atoms with E-state index in [1.807, 2.05) is 0 Å². The molecule has 1 heterocycles. The van der Waals surface area contributed by atoms with Gasteiger partial charge in [0.15, 0.2) is 5.76 Å². The first kappa shape index (κ1) is 21.0. The van der Waals surface area contributed by atoms with Gasteiger partial charge in [-0.1, -0.05) is 31.4 Å². The summed E-state index contributed by atoms with van der Waals surface area (Å²) in [5, 5.41) is 5.68. The molecule has 0 aliphatic heterocycles. The minimum absolute atomic E-state index is 0.0133. The van der Waals surface area contributed by atoms with Crippen molar-refractivity contribution in [3.8, 4) is 0 Å². The maximum absolute atomic E-state index is 12.0. The normalized spacial score (nSPS) is 14.4. The van der Waals surface area contributed by atoms with Gasteiger partial charge in [-0.05, 0) is 49.1 Å². The van der Waals surface area contributed by atoms with Crippen molar-refractivity contribution < 1.29 is 14.0 Å². The molecule has 1 fully saturated rings. The quantitative estimate of drug-likeness (QED) is 0.630. The Morgan fingerprint density at radius 3 is 2.52 bits per heavy atom. The first-order valence-electron chi connectivity index (χ1n) is 10.5. The molecule has 1 aromatic heterocycles. The van der Waals surface area contributed by atoms with E-state index in [9.17, 15) is 9.59 Å². The third kappa shape index (κ3) is 6.38. The van der Waals surface area contributed by atoms with Gasteiger partial charge in [0.1, 0.15) is 0 Å². The Kier molecular flexibility index (Phi) is 7.73. The summed E-state index contributed by atoms with van der Waals surface area (Å²) in [6.07, 6.45) is 8.98. The molecule has 6 heteroatoms. The monoisotopic (exact) mass is 397 g/mol. The number of nitrogens with one attached hydrogen (secondary N) is 2. The molecule has 0 radical (unpaired) electrons. The van der Waals surface area contributed by atoms with Gasteiger partial charge in [-0.3, -0.25) is 9.59 Å². The summed E-state index contributed by atoms with van der Waals surface area (Å²) in [7, 11) is 2.18. The highest BCUT2D eigenvalue weighted by molar-refractivity contribution is 5.91. The van der Waals surface area contributed by atoms with Crippen LogP contribution in [0.25, 0.3) is 0 Å². The predicted molar refractivity (Wildman–Crippen MR) is 114 cm³/mol. The van der Waals surface area contributed by atoms with Crippen molar-refractivity contribution in [2.75, 3.05) is 18.5 Å². The van der Waals surface area contributed by atoms with Crippen molar-refractivity contribution in [2.45, 2.75) is 57.5 Å². The van der Waals surface area contributed by atoms with Crippen LogP contribution in [0.5, 0.6) is 0 Å². The van der Waals surface area contributed by atoms with E-state index in [2.05, 4.69) is 46.8 Å². The number of hydrogen-bond acceptors (Lipinski definition) is 4. The predicted octanol–water partition coefficient (Wildman–Crippen LogP) is 3.87. The van der Waals surface area contributed by atoms with Gasteiger partial charge < -0.3 is 20.0 Å². The van der Waals surface area contributed by atoms with Crippen LogP contribution >= 0.6 is 0 Å². The average molecular weight is 398 g/mol. The molecule has 0 atom stereocenters. The highest BCUT2D eigenvalue weighted by Crippen LogP contribution is 2.26. The molecule has 1 aromatic carbocycles. The second-order valence-corrected chi connectivity index (χ2v) is 7.68. The number of carbonyl (C=O) groups is 2. The standard InChI is InChI=1S/C23H31N3O3/c1-26(19-7-3-2-4-8-19)20-13-11-18(12-14-20)17-25-22(27)10-5-15-24-23(28)21-9-6-16-29-21/h6,9,11-14,16,19H,2-5,7-8,10,15,17H2,1H3,(H,24,28)(H,25,27). The molecule has 0 bridgehead atoms. The minimum atomic E-state index is -0.256. The van der Waals surface area contributed by atoms with E-state index in [4.69, 9.17) is 4.42 Å². The number of hydrogen-bond donors (Lipinski definition) is 2. The van der Waals surface area contributed by atoms with Crippen molar-refractivity contribution >= 4 is 17.5 Å². The summed E-state index contributed by atoms with van der Waals surface area (Å²) in [5.74, 6) is 0.0152. The summed E-state index contributed by atoms with van der Waals surface area (Å²) < 4.78 is 5.02. The van der Waals surface area contributed by atoms with Crippen LogP contribution in [0.4, 0.5) is 5.69 Å². The number of benzene rings is 1. The van der Waals surface area contributed by atoms with E-state index < -0.39 is 0 Å². The molecule has 0 unspecified atom stereocenters. The summed E-state index contributed by atoms with van der Waals surface area (Å²) >= 11 is 0. The molecule has 2 N–H and O–H groups in total. The summed E-state index contributed by atoms with van der Waals surface area (Å²) in [6.45, 7) is 0.958. The minimum Gasteiger partial charge on any atom is -0.459 e. The maximum Gasteiger partial charge on any atom is 0.286 e. The third-order valence-corrected chi connectivity index (χ3v) is 5.57. The van der Waals surface area contributed by atoms with Gasteiger partial charge in [0.25, 0.3) is 5.91 Å². The molecule has 0 saturated heterocycles. The Bertz CT molecular complexity index is 765. The zero-order valence-electron chi connectivity index (χ0n) is 17.2. The molecule has 3 rings (SSSR count). The van der Waals surface area contributed by atoms with Gasteiger partial charge in [-0.25, -0.2) is 0 Å². The number of rotatable bonds is 9.